The standard InChI is InChI=1S/C34H39F2N5O4/c35-29-16-24(18-37)17-30(36)28(29)21-39-14-9-34(10-15-39)22-41(33(44)45-34)20-23-3-5-26(6-4-23)32(43)40-12-7-25(8-13-40)31(42)27-2-1-11-38-19-27/h1-2,11,16-17,19,23,25-26H,3-10,12-15,20-22H2. The molecule has 45 heavy (non-hydrogen) atoms. The molecule has 2 amide bonds. The molecular weight excluding hydrogens is 580 g/mol. The Balaban J connectivity index is 0.933. The number of pyridine rings is 1. The van der Waals surface area contributed by atoms with Crippen molar-refractivity contribution < 1.29 is 27.9 Å². The molecular formula is C34H39F2N5O4. The van der Waals surface area contributed by atoms with E-state index in [1.807, 2.05) is 9.80 Å². The highest BCUT2D eigenvalue weighted by atomic mass is 19.1. The third-order valence-electron chi connectivity index (χ3n) is 10.3. The van der Waals surface area contributed by atoms with Crippen LogP contribution in [0.4, 0.5) is 13.6 Å². The average Bonchev–Trinajstić information content (AvgIpc) is 3.37. The van der Waals surface area contributed by atoms with Gasteiger partial charge in [0.15, 0.2) is 5.78 Å². The Labute approximate surface area is 262 Å². The van der Waals surface area contributed by atoms with E-state index in [-0.39, 0.29) is 47.3 Å². The molecule has 0 atom stereocenters. The van der Waals surface area contributed by atoms with Gasteiger partial charge in [-0.25, -0.2) is 13.6 Å². The second kappa shape index (κ2) is 13.2. The van der Waals surface area contributed by atoms with Gasteiger partial charge in [-0.1, -0.05) is 0 Å². The van der Waals surface area contributed by atoms with E-state index >= 15 is 0 Å². The van der Waals surface area contributed by atoms with Crippen LogP contribution in [0.1, 0.15) is 72.9 Å². The van der Waals surface area contributed by atoms with Crippen molar-refractivity contribution in [2.45, 2.75) is 63.5 Å². The second-order valence-electron chi connectivity index (χ2n) is 13.2. The Kier molecular flexibility index (Phi) is 9.13. The number of Topliss-reactive ketones (excluding diaryl/α,β-unsaturated/α-hetero) is 1. The Morgan fingerprint density at radius 2 is 1.69 bits per heavy atom. The molecule has 0 N–H and O–H groups in total. The molecule has 1 aliphatic carbocycles. The minimum Gasteiger partial charge on any atom is -0.441 e. The summed E-state index contributed by atoms with van der Waals surface area (Å²) in [6.45, 7) is 3.50. The highest BCUT2D eigenvalue weighted by Crippen LogP contribution is 2.37. The Morgan fingerprint density at radius 3 is 2.31 bits per heavy atom. The number of carbonyl (C=O) groups is 3. The minimum atomic E-state index is -0.723. The lowest BCUT2D eigenvalue weighted by molar-refractivity contribution is -0.138. The van der Waals surface area contributed by atoms with E-state index in [2.05, 4.69) is 4.98 Å². The third-order valence-corrected chi connectivity index (χ3v) is 10.3. The monoisotopic (exact) mass is 619 g/mol. The molecule has 11 heteroatoms. The number of hydrogen-bond donors (Lipinski definition) is 0. The highest BCUT2D eigenvalue weighted by molar-refractivity contribution is 5.97. The first-order chi connectivity index (χ1) is 21.7. The number of nitriles is 1. The van der Waals surface area contributed by atoms with E-state index < -0.39 is 17.2 Å². The Bertz CT molecular complexity index is 1430. The number of ether oxygens (including phenoxy) is 1. The molecule has 4 heterocycles. The SMILES string of the molecule is N#Cc1cc(F)c(CN2CCC3(CC2)CN(CC2CCC(C(=O)N4CCC(C(=O)c5cccnc5)CC4)CC2)C(=O)O3)c(F)c1. The van der Waals surface area contributed by atoms with Crippen molar-refractivity contribution in [2.24, 2.45) is 17.8 Å². The fourth-order valence-electron chi connectivity index (χ4n) is 7.52. The summed E-state index contributed by atoms with van der Waals surface area (Å²) in [4.78, 5) is 48.7. The lowest BCUT2D eigenvalue weighted by Gasteiger charge is -2.38. The van der Waals surface area contributed by atoms with Gasteiger partial charge in [-0.15, -0.1) is 0 Å². The maximum Gasteiger partial charge on any atom is 0.410 e. The number of rotatable bonds is 7. The minimum absolute atomic E-state index is 0.0150. The number of ketones is 1. The number of hydrogen-bond acceptors (Lipinski definition) is 7. The van der Waals surface area contributed by atoms with E-state index in [0.717, 1.165) is 37.8 Å². The second-order valence-corrected chi connectivity index (χ2v) is 13.2. The zero-order valence-corrected chi connectivity index (χ0v) is 25.4. The van der Waals surface area contributed by atoms with Crippen molar-refractivity contribution >= 4 is 17.8 Å². The fraction of sp³-hybridized carbons (Fsp3) is 0.559. The highest BCUT2D eigenvalue weighted by Gasteiger charge is 2.47. The molecule has 6 rings (SSSR count). The molecule has 2 aromatic rings. The predicted molar refractivity (Wildman–Crippen MR) is 160 cm³/mol. The van der Waals surface area contributed by atoms with Crippen LogP contribution in [-0.2, 0) is 16.1 Å². The number of carbonyl (C=O) groups excluding carboxylic acids is 3. The first-order valence-electron chi connectivity index (χ1n) is 16.0. The maximum absolute atomic E-state index is 14.4. The van der Waals surface area contributed by atoms with Gasteiger partial charge in [-0.3, -0.25) is 19.5 Å². The molecule has 9 nitrogen and oxygen atoms in total. The number of halogens is 2. The van der Waals surface area contributed by atoms with Gasteiger partial charge in [0.1, 0.15) is 17.2 Å². The van der Waals surface area contributed by atoms with E-state index in [0.29, 0.717) is 76.4 Å². The van der Waals surface area contributed by atoms with Crippen LogP contribution < -0.4 is 0 Å². The van der Waals surface area contributed by atoms with Gasteiger partial charge < -0.3 is 14.5 Å². The maximum atomic E-state index is 14.4. The number of nitrogens with zero attached hydrogens (tertiary/aromatic N) is 5. The molecule has 1 spiro atoms. The zero-order valence-electron chi connectivity index (χ0n) is 25.4. The average molecular weight is 620 g/mol. The summed E-state index contributed by atoms with van der Waals surface area (Å²) in [5.41, 5.74) is -0.0554. The quantitative estimate of drug-likeness (QED) is 0.404. The Hall–Kier alpha value is -3.91. The first-order valence-corrected chi connectivity index (χ1v) is 16.0. The normalized spacial score (nSPS) is 24.0. The first kappa shape index (κ1) is 31.1. The van der Waals surface area contributed by atoms with Crippen LogP contribution in [0.15, 0.2) is 36.7 Å². The summed E-state index contributed by atoms with van der Waals surface area (Å²) in [7, 11) is 0. The zero-order chi connectivity index (χ0) is 31.6. The lowest BCUT2D eigenvalue weighted by atomic mass is 9.80. The van der Waals surface area contributed by atoms with Crippen LogP contribution in [-0.4, -0.2) is 82.3 Å². The van der Waals surface area contributed by atoms with Gasteiger partial charge in [-0.05, 0) is 68.7 Å². The topological polar surface area (TPSA) is 107 Å². The van der Waals surface area contributed by atoms with Crippen molar-refractivity contribution in [1.29, 1.82) is 5.26 Å². The third kappa shape index (κ3) is 6.86. The van der Waals surface area contributed by atoms with Crippen LogP contribution in [0.5, 0.6) is 0 Å². The van der Waals surface area contributed by atoms with Crippen molar-refractivity contribution in [3.63, 3.8) is 0 Å². The van der Waals surface area contributed by atoms with Gasteiger partial charge in [-0.2, -0.15) is 5.26 Å². The van der Waals surface area contributed by atoms with Gasteiger partial charge >= 0.3 is 6.09 Å². The van der Waals surface area contributed by atoms with Gasteiger partial charge in [0.05, 0.1) is 18.2 Å². The summed E-state index contributed by atoms with van der Waals surface area (Å²) >= 11 is 0. The predicted octanol–water partition coefficient (Wildman–Crippen LogP) is 4.95. The molecule has 1 saturated carbocycles. The summed E-state index contributed by atoms with van der Waals surface area (Å²) in [5, 5.41) is 8.93. The number of amides is 2. The van der Waals surface area contributed by atoms with Gasteiger partial charge in [0.2, 0.25) is 5.91 Å². The number of benzene rings is 1. The number of likely N-dealkylation sites (tertiary alicyclic amines) is 2. The van der Waals surface area contributed by atoms with Crippen LogP contribution in [0.2, 0.25) is 0 Å². The molecule has 3 aliphatic heterocycles. The lowest BCUT2D eigenvalue weighted by Crippen LogP contribution is -2.47. The molecule has 238 valence electrons. The summed E-state index contributed by atoms with van der Waals surface area (Å²) in [6.07, 6.45) is 8.81. The van der Waals surface area contributed by atoms with Gasteiger partial charge in [0, 0.05) is 87.5 Å². The molecule has 4 aliphatic rings. The van der Waals surface area contributed by atoms with Crippen LogP contribution in [0.25, 0.3) is 0 Å². The largest absolute Gasteiger partial charge is 0.441 e. The van der Waals surface area contributed by atoms with E-state index in [1.165, 1.54) is 0 Å². The summed E-state index contributed by atoms with van der Waals surface area (Å²) < 4.78 is 34.7. The molecule has 1 aromatic heterocycles. The summed E-state index contributed by atoms with van der Waals surface area (Å²) in [5.74, 6) is -0.927. The van der Waals surface area contributed by atoms with Gasteiger partial charge in [0.25, 0.3) is 0 Å². The fourth-order valence-corrected chi connectivity index (χ4v) is 7.52. The smallest absolute Gasteiger partial charge is 0.410 e. The molecule has 1 aromatic carbocycles. The summed E-state index contributed by atoms with van der Waals surface area (Å²) in [6, 6.07) is 7.44. The van der Waals surface area contributed by atoms with Crippen molar-refractivity contribution in [1.82, 2.24) is 19.7 Å². The van der Waals surface area contributed by atoms with E-state index in [9.17, 15) is 23.2 Å². The molecule has 0 unspecified atom stereocenters. The van der Waals surface area contributed by atoms with E-state index in [4.69, 9.17) is 10.00 Å². The van der Waals surface area contributed by atoms with Crippen LogP contribution in [0, 0.1) is 40.7 Å². The van der Waals surface area contributed by atoms with Crippen molar-refractivity contribution in [3.05, 3.63) is 65.0 Å². The van der Waals surface area contributed by atoms with E-state index in [1.54, 1.807) is 35.5 Å². The number of aromatic nitrogens is 1. The molecule has 3 saturated heterocycles. The van der Waals surface area contributed by atoms with Crippen LogP contribution in [0.3, 0.4) is 0 Å². The molecule has 0 radical (unpaired) electrons. The number of piperidine rings is 2. The van der Waals surface area contributed by atoms with Crippen LogP contribution >= 0.6 is 0 Å². The van der Waals surface area contributed by atoms with Crippen molar-refractivity contribution in [3.8, 4) is 6.07 Å². The Morgan fingerprint density at radius 1 is 1.00 bits per heavy atom. The molecule has 4 fully saturated rings. The molecule has 0 bridgehead atoms. The van der Waals surface area contributed by atoms with Crippen molar-refractivity contribution in [2.75, 3.05) is 39.3 Å².